The van der Waals surface area contributed by atoms with Gasteiger partial charge in [-0.05, 0) is 152 Å². The van der Waals surface area contributed by atoms with Gasteiger partial charge in [-0.1, -0.05) is 119 Å². The molecule has 129 heavy (non-hydrogen) atoms. The monoisotopic (exact) mass is 1840 g/mol. The van der Waals surface area contributed by atoms with Gasteiger partial charge in [0.25, 0.3) is 0 Å². The first kappa shape index (κ1) is 93.9. The third-order valence-corrected chi connectivity index (χ3v) is 20.6. The van der Waals surface area contributed by atoms with Crippen LogP contribution < -0.4 is 20.0 Å². The van der Waals surface area contributed by atoms with E-state index in [9.17, 15) is 55.4 Å². The van der Waals surface area contributed by atoms with Crippen LogP contribution >= 0.6 is 46.4 Å². The summed E-state index contributed by atoms with van der Waals surface area (Å²) in [6.07, 6.45) is 0. The number of aryl methyl sites for hydroxylation is 8. The molecule has 10 heterocycles. The summed E-state index contributed by atoms with van der Waals surface area (Å²) in [6.45, 7) is 23.8. The molecule has 0 aliphatic rings. The standard InChI is InChI=1S/C24H21F3N4O2.C22H17F3N4O2.C18H19ClN4O2.C17H17ClN4O2.C9H7Cl2N3O2/c1-5-33-24(32)19-11-20-28-18(15-9-16(25)22(27)17(26)10-15)12-21(31(20)29-19)30(4)23-13(2)7-6-8-14(23)3;1-11-5-4-6-12(2)21(11)28(3)19-10-16(13-7-14(23)20(25)15(24)8-13)26-18-9-17(22(30)31)27-29(18)19;1-5-25-18(24)13-9-15-20-14(19)10-16(23(15)21-13)22(4)17-11(2)7-6-8-12(17)3;1-4-24-17(23)12-8-14-19-13(18)9-15(22(14)21-12)20-16-10(2)6-5-7-11(16)3;1-2-16-9(15)5-3-8-12-6(10)4-7(11)14(8)13-5/h6-12H,5H2,1-4H3;4-10H,1-3H3,(H,30,31);6-10H,5H2,1-4H3;5-9,20H,4H2,1-3H3;3-4H,2H2,1H3. The van der Waals surface area contributed by atoms with Gasteiger partial charge < -0.3 is 44.1 Å². The molecule has 0 fully saturated rings. The Labute approximate surface area is 753 Å². The summed E-state index contributed by atoms with van der Waals surface area (Å²) < 4.78 is 110. The topological polar surface area (TPSA) is 315 Å². The summed E-state index contributed by atoms with van der Waals surface area (Å²) in [5, 5.41) is 34.9. The molecule has 0 aliphatic heterocycles. The number of carboxylic acids is 1. The lowest BCUT2D eigenvalue weighted by Crippen LogP contribution is -2.17. The Balaban J connectivity index is 0.000000149. The van der Waals surface area contributed by atoms with Gasteiger partial charge in [0.15, 0.2) is 91.6 Å². The summed E-state index contributed by atoms with van der Waals surface area (Å²) >= 11 is 23.9. The predicted octanol–water partition coefficient (Wildman–Crippen LogP) is 20.3. The molecular weight excluding hydrogens is 1760 g/mol. The number of nitrogens with zero attached hydrogens (tertiary/aromatic N) is 18. The highest BCUT2D eigenvalue weighted by atomic mass is 35.5. The molecule has 0 saturated carbocycles. The van der Waals surface area contributed by atoms with E-state index in [1.165, 1.54) is 43.9 Å². The molecule has 0 bridgehead atoms. The number of fused-ring (bicyclic) bond motifs is 5. The summed E-state index contributed by atoms with van der Waals surface area (Å²) in [5.74, 6) is -9.59. The number of hydrogen-bond acceptors (Lipinski definition) is 23. The molecular formula is C90H81Cl4F6N19O10. The second-order valence-electron chi connectivity index (χ2n) is 28.8. The maximum atomic E-state index is 13.9. The molecule has 2 N–H and O–H groups in total. The van der Waals surface area contributed by atoms with Crippen LogP contribution in [0.1, 0.15) is 125 Å². The molecule has 0 aliphatic carbocycles. The molecule has 0 saturated heterocycles. The molecule has 666 valence electrons. The van der Waals surface area contributed by atoms with E-state index < -0.39 is 64.7 Å². The number of anilines is 8. The minimum atomic E-state index is -1.57. The fourth-order valence-electron chi connectivity index (χ4n) is 14.0. The largest absolute Gasteiger partial charge is 0.476 e. The van der Waals surface area contributed by atoms with Crippen LogP contribution in [0, 0.1) is 90.3 Å². The van der Waals surface area contributed by atoms with Crippen LogP contribution in [-0.4, -0.2) is 156 Å². The summed E-state index contributed by atoms with van der Waals surface area (Å²) in [5.41, 5.74) is 14.6. The van der Waals surface area contributed by atoms with Crippen LogP contribution in [0.2, 0.25) is 20.6 Å². The fourth-order valence-corrected chi connectivity index (χ4v) is 14.9. The van der Waals surface area contributed by atoms with Crippen LogP contribution in [0.5, 0.6) is 0 Å². The van der Waals surface area contributed by atoms with Crippen molar-refractivity contribution in [3.05, 3.63) is 286 Å². The van der Waals surface area contributed by atoms with Crippen LogP contribution in [0.3, 0.4) is 0 Å². The van der Waals surface area contributed by atoms with Crippen molar-refractivity contribution in [3.8, 4) is 22.5 Å². The molecule has 6 aromatic carbocycles. The maximum Gasteiger partial charge on any atom is 0.358 e. The van der Waals surface area contributed by atoms with Crippen LogP contribution in [-0.2, 0) is 18.9 Å². The van der Waals surface area contributed by atoms with Crippen molar-refractivity contribution in [1.29, 1.82) is 0 Å². The number of carboxylic acid groups (broad SMARTS) is 1. The van der Waals surface area contributed by atoms with Crippen LogP contribution in [0.15, 0.2) is 158 Å². The van der Waals surface area contributed by atoms with Crippen molar-refractivity contribution < 1.29 is 74.4 Å². The van der Waals surface area contributed by atoms with Gasteiger partial charge in [-0.15, -0.1) is 0 Å². The number of rotatable bonds is 19. The van der Waals surface area contributed by atoms with Crippen molar-refractivity contribution in [2.75, 3.05) is 67.6 Å². The van der Waals surface area contributed by atoms with E-state index >= 15 is 0 Å². The van der Waals surface area contributed by atoms with Crippen molar-refractivity contribution in [3.63, 3.8) is 0 Å². The number of esters is 4. The molecule has 0 spiro atoms. The summed E-state index contributed by atoms with van der Waals surface area (Å²) in [4.78, 5) is 85.8. The fraction of sp³-hybridized carbons (Fsp3) is 0.211. The Morgan fingerprint density at radius 3 is 0.969 bits per heavy atom. The molecule has 29 nitrogen and oxygen atoms in total. The molecule has 39 heteroatoms. The van der Waals surface area contributed by atoms with E-state index in [1.54, 1.807) is 79.0 Å². The van der Waals surface area contributed by atoms with Crippen molar-refractivity contribution >= 4 is 151 Å². The lowest BCUT2D eigenvalue weighted by Gasteiger charge is -2.24. The highest BCUT2D eigenvalue weighted by molar-refractivity contribution is 6.33. The number of carbonyl (C=O) groups excluding carboxylic acids is 4. The quantitative estimate of drug-likeness (QED) is 0.0250. The van der Waals surface area contributed by atoms with Crippen LogP contribution in [0.4, 0.5) is 72.4 Å². The van der Waals surface area contributed by atoms with Gasteiger partial charge in [0, 0.05) is 116 Å². The number of aromatic nitrogens is 15. The lowest BCUT2D eigenvalue weighted by atomic mass is 10.1. The number of carbonyl (C=O) groups is 5. The van der Waals surface area contributed by atoms with E-state index in [0.29, 0.717) is 50.5 Å². The smallest absolute Gasteiger partial charge is 0.358 e. The maximum absolute atomic E-state index is 13.9. The second-order valence-corrected chi connectivity index (χ2v) is 30.3. The highest BCUT2D eigenvalue weighted by Crippen LogP contribution is 2.38. The minimum absolute atomic E-state index is 0.00753. The third kappa shape index (κ3) is 20.7. The third-order valence-electron chi connectivity index (χ3n) is 19.7. The Morgan fingerprint density at radius 2 is 0.628 bits per heavy atom. The van der Waals surface area contributed by atoms with Crippen molar-refractivity contribution in [2.24, 2.45) is 0 Å². The average molecular weight is 1840 g/mol. The predicted molar refractivity (Wildman–Crippen MR) is 478 cm³/mol. The first-order valence-corrected chi connectivity index (χ1v) is 41.0. The second kappa shape index (κ2) is 40.1. The van der Waals surface area contributed by atoms with Gasteiger partial charge in [-0.2, -0.15) is 43.6 Å². The van der Waals surface area contributed by atoms with Crippen LogP contribution in [0.25, 0.3) is 50.8 Å². The SMILES string of the molecule is CCOC(=O)c1cc2nc(-c3cc(F)c(F)c(F)c3)cc(N(C)c3c(C)cccc3C)n2n1.CCOC(=O)c1cc2nc(Cl)cc(Cl)n2n1.CCOC(=O)c1cc2nc(Cl)cc(N(C)c3c(C)cccc3C)n2n1.CCOC(=O)c1cc2nc(Cl)cc(Nc3c(C)cccc3C)n2n1.Cc1cccc(C)c1N(C)c1cc(-c2cc(F)c(F)c(F)c2)nc2cc(C(=O)O)nn12. The average Bonchev–Trinajstić information content (AvgIpc) is 1.68. The number of nitrogens with one attached hydrogen (secondary N) is 1. The zero-order chi connectivity index (χ0) is 93.4. The highest BCUT2D eigenvalue weighted by Gasteiger charge is 2.27. The molecule has 0 amide bonds. The first-order chi connectivity index (χ1) is 61.4. The Bertz CT molecular complexity index is 6920. The van der Waals surface area contributed by atoms with Crippen molar-refractivity contribution in [1.82, 2.24) is 73.0 Å². The van der Waals surface area contributed by atoms with Gasteiger partial charge in [0.05, 0.1) is 37.8 Å². The van der Waals surface area contributed by atoms with Gasteiger partial charge in [0.2, 0.25) is 0 Å². The Hall–Kier alpha value is -14.3. The van der Waals surface area contributed by atoms with Gasteiger partial charge >= 0.3 is 29.8 Å². The molecule has 16 rings (SSSR count). The number of para-hydroxylation sites is 4. The van der Waals surface area contributed by atoms with E-state index in [0.717, 1.165) is 91.5 Å². The normalized spacial score (nSPS) is 11.0. The molecule has 10 aromatic heterocycles. The molecule has 0 unspecified atom stereocenters. The minimum Gasteiger partial charge on any atom is -0.476 e. The summed E-state index contributed by atoms with van der Waals surface area (Å²) in [6, 6.07) is 42.4. The summed E-state index contributed by atoms with van der Waals surface area (Å²) in [7, 11) is 5.51. The van der Waals surface area contributed by atoms with Gasteiger partial charge in [-0.3, -0.25) is 0 Å². The number of aromatic carboxylic acids is 1. The molecule has 0 radical (unpaired) electrons. The van der Waals surface area contributed by atoms with E-state index in [4.69, 9.17) is 65.4 Å². The van der Waals surface area contributed by atoms with Gasteiger partial charge in [0.1, 0.15) is 43.9 Å². The number of ether oxygens (including phenoxy) is 4. The number of benzene rings is 6. The van der Waals surface area contributed by atoms with Gasteiger partial charge in [-0.25, -0.2) is 79.8 Å². The number of halogens is 10. The number of hydrogen-bond donors (Lipinski definition) is 2. The zero-order valence-corrected chi connectivity index (χ0v) is 74.8. The van der Waals surface area contributed by atoms with E-state index in [-0.39, 0.29) is 99.0 Å². The van der Waals surface area contributed by atoms with E-state index in [1.807, 2.05) is 152 Å². The Morgan fingerprint density at radius 1 is 0.357 bits per heavy atom. The Kier molecular flexibility index (Phi) is 29.2. The van der Waals surface area contributed by atoms with E-state index in [2.05, 4.69) is 55.7 Å². The molecule has 16 aromatic rings. The first-order valence-electron chi connectivity index (χ1n) is 39.5. The molecule has 0 atom stereocenters. The lowest BCUT2D eigenvalue weighted by molar-refractivity contribution is 0.0509. The van der Waals surface area contributed by atoms with Crippen molar-refractivity contribution in [2.45, 2.75) is 83.1 Å². The zero-order valence-electron chi connectivity index (χ0n) is 71.8.